The molecule has 0 atom stereocenters. The molecular formula is C18H21Cl2N5O. The summed E-state index contributed by atoms with van der Waals surface area (Å²) in [7, 11) is 0. The third kappa shape index (κ3) is 5.28. The van der Waals surface area contributed by atoms with Crippen LogP contribution in [-0.2, 0) is 0 Å². The van der Waals surface area contributed by atoms with E-state index in [1.54, 1.807) is 29.2 Å². The van der Waals surface area contributed by atoms with Gasteiger partial charge in [-0.3, -0.25) is 5.32 Å². The lowest BCUT2D eigenvalue weighted by Crippen LogP contribution is -2.53. The zero-order valence-electron chi connectivity index (χ0n) is 14.1. The lowest BCUT2D eigenvalue weighted by atomic mass is 10.2. The first-order valence-corrected chi connectivity index (χ1v) is 8.45. The number of halogens is 2. The van der Waals surface area contributed by atoms with Crippen LogP contribution in [0.4, 0.5) is 16.2 Å². The van der Waals surface area contributed by atoms with Gasteiger partial charge in [0.1, 0.15) is 0 Å². The summed E-state index contributed by atoms with van der Waals surface area (Å²) in [6, 6.07) is 16.9. The maximum Gasteiger partial charge on any atom is 0.324 e. The van der Waals surface area contributed by atoms with Crippen molar-refractivity contribution in [1.29, 1.82) is 0 Å². The Kier molecular flexibility index (Phi) is 7.12. The average Bonchev–Trinajstić information content (AvgIpc) is 2.64. The van der Waals surface area contributed by atoms with Gasteiger partial charge in [-0.2, -0.15) is 0 Å². The highest BCUT2D eigenvalue weighted by atomic mass is 35.5. The van der Waals surface area contributed by atoms with Gasteiger partial charge in [-0.05, 0) is 36.4 Å². The van der Waals surface area contributed by atoms with Crippen LogP contribution in [0.1, 0.15) is 0 Å². The monoisotopic (exact) mass is 393 g/mol. The van der Waals surface area contributed by atoms with Crippen LogP contribution in [-0.4, -0.2) is 43.1 Å². The van der Waals surface area contributed by atoms with Gasteiger partial charge in [0.2, 0.25) is 5.96 Å². The number of hydrogen-bond donors (Lipinski definition) is 2. The Morgan fingerprint density at radius 1 is 1.00 bits per heavy atom. The van der Waals surface area contributed by atoms with Crippen LogP contribution in [0.15, 0.2) is 59.6 Å². The van der Waals surface area contributed by atoms with Crippen molar-refractivity contribution in [2.24, 2.45) is 10.7 Å². The normalized spacial score (nSPS) is 14.6. The third-order valence-corrected chi connectivity index (χ3v) is 4.25. The second kappa shape index (κ2) is 9.31. The van der Waals surface area contributed by atoms with Crippen molar-refractivity contribution in [3.05, 3.63) is 59.6 Å². The second-order valence-electron chi connectivity index (χ2n) is 5.71. The van der Waals surface area contributed by atoms with Crippen LogP contribution in [0.2, 0.25) is 5.02 Å². The molecule has 0 aromatic heterocycles. The lowest BCUT2D eigenvalue weighted by Gasteiger charge is -2.35. The molecule has 1 aliphatic heterocycles. The molecule has 3 rings (SSSR count). The summed E-state index contributed by atoms with van der Waals surface area (Å²) in [6.45, 7) is 2.83. The first-order valence-electron chi connectivity index (χ1n) is 8.07. The molecule has 0 spiro atoms. The number of carbonyl (C=O) groups is 1. The number of guanidine groups is 1. The number of aliphatic imine (C=N–C) groups is 1. The van der Waals surface area contributed by atoms with E-state index in [2.05, 4.69) is 27.3 Å². The molecule has 0 saturated carbocycles. The number of urea groups is 1. The highest BCUT2D eigenvalue weighted by Gasteiger charge is 2.21. The van der Waals surface area contributed by atoms with Gasteiger partial charge < -0.3 is 15.5 Å². The number of hydrogen-bond acceptors (Lipinski definition) is 3. The Hall–Kier alpha value is -2.44. The van der Waals surface area contributed by atoms with Gasteiger partial charge in [-0.25, -0.2) is 9.79 Å². The zero-order valence-corrected chi connectivity index (χ0v) is 15.7. The van der Waals surface area contributed by atoms with E-state index >= 15 is 0 Å². The van der Waals surface area contributed by atoms with Crippen LogP contribution in [0, 0.1) is 0 Å². The smallest absolute Gasteiger partial charge is 0.324 e. The van der Waals surface area contributed by atoms with Crippen LogP contribution < -0.4 is 16.0 Å². The van der Waals surface area contributed by atoms with Gasteiger partial charge in [0.25, 0.3) is 0 Å². The summed E-state index contributed by atoms with van der Waals surface area (Å²) in [5.74, 6) is 0.0674. The van der Waals surface area contributed by atoms with Gasteiger partial charge in [-0.15, -0.1) is 12.4 Å². The number of nitrogens with one attached hydrogen (secondary N) is 1. The molecule has 6 nitrogen and oxygen atoms in total. The molecule has 2 aromatic carbocycles. The Labute approximate surface area is 164 Å². The van der Waals surface area contributed by atoms with Gasteiger partial charge >= 0.3 is 6.03 Å². The van der Waals surface area contributed by atoms with E-state index in [1.807, 2.05) is 18.2 Å². The summed E-state index contributed by atoms with van der Waals surface area (Å²) in [5, 5.41) is 3.25. The molecule has 0 aliphatic carbocycles. The van der Waals surface area contributed by atoms with Crippen LogP contribution in [0.3, 0.4) is 0 Å². The molecule has 0 unspecified atom stereocenters. The molecule has 1 fully saturated rings. The maximum absolute atomic E-state index is 12.3. The Bertz CT molecular complexity index is 744. The predicted molar refractivity (Wildman–Crippen MR) is 109 cm³/mol. The van der Waals surface area contributed by atoms with E-state index in [4.69, 9.17) is 17.3 Å². The van der Waals surface area contributed by atoms with Gasteiger partial charge in [0.15, 0.2) is 0 Å². The summed E-state index contributed by atoms with van der Waals surface area (Å²) >= 11 is 5.83. The molecule has 0 bridgehead atoms. The highest BCUT2D eigenvalue weighted by molar-refractivity contribution is 6.30. The average molecular weight is 394 g/mol. The number of benzene rings is 2. The number of anilines is 1. The van der Waals surface area contributed by atoms with Crippen molar-refractivity contribution in [2.75, 3.05) is 31.1 Å². The Morgan fingerprint density at radius 3 is 2.23 bits per heavy atom. The molecule has 1 saturated heterocycles. The van der Waals surface area contributed by atoms with Crippen molar-refractivity contribution in [2.45, 2.75) is 0 Å². The Balaban J connectivity index is 0.00000243. The van der Waals surface area contributed by atoms with E-state index in [0.717, 1.165) is 13.1 Å². The minimum atomic E-state index is -0.233. The number of piperazine rings is 1. The van der Waals surface area contributed by atoms with Gasteiger partial charge in [0, 0.05) is 36.9 Å². The molecule has 8 heteroatoms. The Morgan fingerprint density at radius 2 is 1.62 bits per heavy atom. The van der Waals surface area contributed by atoms with Crippen molar-refractivity contribution >= 4 is 47.4 Å². The first kappa shape index (κ1) is 19.9. The number of nitrogens with zero attached hydrogens (tertiary/aromatic N) is 3. The maximum atomic E-state index is 12.3. The SMILES string of the molecule is Cl.NC(=Nc1ccc(Cl)cc1)NC(=O)N1CCN(c2ccccc2)CC1. The van der Waals surface area contributed by atoms with E-state index in [1.165, 1.54) is 5.69 Å². The molecule has 1 heterocycles. The quantitative estimate of drug-likeness (QED) is 0.607. The number of carbonyl (C=O) groups excluding carboxylic acids is 1. The van der Waals surface area contributed by atoms with Gasteiger partial charge in [0.05, 0.1) is 5.69 Å². The fraction of sp³-hybridized carbons (Fsp3) is 0.222. The number of amides is 2. The highest BCUT2D eigenvalue weighted by Crippen LogP contribution is 2.17. The zero-order chi connectivity index (χ0) is 17.6. The van der Waals surface area contributed by atoms with Crippen LogP contribution in [0.5, 0.6) is 0 Å². The summed E-state index contributed by atoms with van der Waals surface area (Å²) in [6.07, 6.45) is 0. The summed E-state index contributed by atoms with van der Waals surface area (Å²) in [5.41, 5.74) is 7.63. The van der Waals surface area contributed by atoms with Crippen molar-refractivity contribution in [3.8, 4) is 0 Å². The van der Waals surface area contributed by atoms with Crippen LogP contribution >= 0.6 is 24.0 Å². The molecule has 0 radical (unpaired) electrons. The summed E-state index contributed by atoms with van der Waals surface area (Å²) in [4.78, 5) is 20.5. The molecule has 26 heavy (non-hydrogen) atoms. The summed E-state index contributed by atoms with van der Waals surface area (Å²) < 4.78 is 0. The fourth-order valence-electron chi connectivity index (χ4n) is 2.68. The van der Waals surface area contributed by atoms with Crippen LogP contribution in [0.25, 0.3) is 0 Å². The minimum absolute atomic E-state index is 0. The number of rotatable bonds is 2. The number of para-hydroxylation sites is 1. The molecular weight excluding hydrogens is 373 g/mol. The molecule has 2 aromatic rings. The van der Waals surface area contributed by atoms with E-state index < -0.39 is 0 Å². The molecule has 138 valence electrons. The standard InChI is InChI=1S/C18H20ClN5O.ClH/c19-14-6-8-15(9-7-14)21-17(20)22-18(25)24-12-10-23(11-13-24)16-4-2-1-3-5-16;/h1-9H,10-13H2,(H3,20,21,22,25);1H. The third-order valence-electron chi connectivity index (χ3n) is 4.00. The second-order valence-corrected chi connectivity index (χ2v) is 6.15. The number of nitrogens with two attached hydrogens (primary N) is 1. The van der Waals surface area contributed by atoms with Crippen molar-refractivity contribution < 1.29 is 4.79 Å². The molecule has 3 N–H and O–H groups in total. The topological polar surface area (TPSA) is 74.0 Å². The minimum Gasteiger partial charge on any atom is -0.369 e. The van der Waals surface area contributed by atoms with Gasteiger partial charge in [-0.1, -0.05) is 29.8 Å². The van der Waals surface area contributed by atoms with E-state index in [-0.39, 0.29) is 24.4 Å². The lowest BCUT2D eigenvalue weighted by molar-refractivity contribution is 0.199. The first-order chi connectivity index (χ1) is 12.1. The van der Waals surface area contributed by atoms with E-state index in [9.17, 15) is 4.79 Å². The fourth-order valence-corrected chi connectivity index (χ4v) is 2.80. The van der Waals surface area contributed by atoms with Crippen molar-refractivity contribution in [1.82, 2.24) is 10.2 Å². The van der Waals surface area contributed by atoms with Crippen molar-refractivity contribution in [3.63, 3.8) is 0 Å². The van der Waals surface area contributed by atoms with E-state index in [0.29, 0.717) is 23.8 Å². The molecule has 2 amide bonds. The largest absolute Gasteiger partial charge is 0.369 e. The predicted octanol–water partition coefficient (Wildman–Crippen LogP) is 3.24. The molecule has 1 aliphatic rings.